The molecule has 1 aliphatic heterocycles. The van der Waals surface area contributed by atoms with E-state index in [9.17, 15) is 14.9 Å². The maximum absolute atomic E-state index is 11.5. The van der Waals surface area contributed by atoms with Crippen LogP contribution < -0.4 is 10.1 Å². The monoisotopic (exact) mass is 256 g/mol. The first kappa shape index (κ1) is 11.7. The van der Waals surface area contributed by atoms with E-state index in [1.165, 1.54) is 18.2 Å². The number of ether oxygens (including phenoxy) is 1. The summed E-state index contributed by atoms with van der Waals surface area (Å²) in [7, 11) is 0. The number of nitrogens with one attached hydrogen (secondary N) is 1. The second kappa shape index (κ2) is 4.58. The Kier molecular flexibility index (Phi) is 3.14. The normalized spacial score (nSPS) is 17.9. The van der Waals surface area contributed by atoms with Crippen molar-refractivity contribution in [3.8, 4) is 5.75 Å². The first-order valence-electron chi connectivity index (χ1n) is 4.93. The number of hydrogen-bond donors (Lipinski definition) is 1. The molecule has 17 heavy (non-hydrogen) atoms. The van der Waals surface area contributed by atoms with Gasteiger partial charge in [0.2, 0.25) is 0 Å². The van der Waals surface area contributed by atoms with Crippen LogP contribution in [0.5, 0.6) is 5.75 Å². The molecule has 1 unspecified atom stereocenters. The molecule has 6 nitrogen and oxygen atoms in total. The van der Waals surface area contributed by atoms with Gasteiger partial charge < -0.3 is 10.1 Å². The maximum atomic E-state index is 11.5. The number of alkyl halides is 1. The molecule has 0 fully saturated rings. The minimum atomic E-state index is -0.693. The van der Waals surface area contributed by atoms with E-state index in [4.69, 9.17) is 16.3 Å². The second-order valence-corrected chi connectivity index (χ2v) is 3.89. The number of anilines is 1. The number of halogens is 1. The molecule has 0 aliphatic carbocycles. The molecule has 1 N–H and O–H groups in total. The Labute approximate surface area is 102 Å². The van der Waals surface area contributed by atoms with Crippen molar-refractivity contribution in [1.29, 1.82) is 0 Å². The molecule has 0 saturated carbocycles. The summed E-state index contributed by atoms with van der Waals surface area (Å²) in [4.78, 5) is 21.6. The molecule has 1 aliphatic rings. The van der Waals surface area contributed by atoms with Crippen LogP contribution in [0.1, 0.15) is 6.42 Å². The fourth-order valence-corrected chi connectivity index (χ4v) is 1.73. The van der Waals surface area contributed by atoms with E-state index in [1.807, 2.05) is 0 Å². The number of nitrogens with zero attached hydrogens (tertiary/aromatic N) is 1. The van der Waals surface area contributed by atoms with Crippen LogP contribution in [0.25, 0.3) is 0 Å². The van der Waals surface area contributed by atoms with E-state index in [1.54, 1.807) is 0 Å². The fraction of sp³-hybridized carbons (Fsp3) is 0.300. The molecule has 1 atom stereocenters. The number of carbonyl (C=O) groups is 1. The molecule has 0 aromatic heterocycles. The summed E-state index contributed by atoms with van der Waals surface area (Å²) in [6, 6.07) is 4.04. The first-order chi connectivity index (χ1) is 8.11. The van der Waals surface area contributed by atoms with Crippen LogP contribution in [0.4, 0.5) is 11.4 Å². The Bertz CT molecular complexity index is 477. The molecule has 1 aromatic rings. The summed E-state index contributed by atoms with van der Waals surface area (Å²) in [5, 5.41) is 13.2. The smallest absolute Gasteiger partial charge is 0.273 e. The molecule has 90 valence electrons. The topological polar surface area (TPSA) is 81.5 Å². The van der Waals surface area contributed by atoms with Gasteiger partial charge in [-0.2, -0.15) is 0 Å². The zero-order valence-electron chi connectivity index (χ0n) is 8.68. The van der Waals surface area contributed by atoms with E-state index in [0.717, 1.165) is 0 Å². The number of fused-ring (bicyclic) bond motifs is 1. The van der Waals surface area contributed by atoms with Crippen LogP contribution in [0.2, 0.25) is 0 Å². The molecular formula is C10H9ClN2O4. The number of hydrogen-bond acceptors (Lipinski definition) is 4. The Morgan fingerprint density at radius 3 is 2.94 bits per heavy atom. The number of nitro groups is 1. The predicted molar refractivity (Wildman–Crippen MR) is 61.5 cm³/mol. The summed E-state index contributed by atoms with van der Waals surface area (Å²) in [5.74, 6) is 0.295. The van der Waals surface area contributed by atoms with Gasteiger partial charge in [-0.3, -0.25) is 14.9 Å². The SMILES string of the molecule is O=C1Nc2ccc([N+](=O)[O-])cc2OC1CCCl. The molecule has 7 heteroatoms. The van der Waals surface area contributed by atoms with Gasteiger partial charge in [0.05, 0.1) is 16.7 Å². The van der Waals surface area contributed by atoms with Crippen LogP contribution in [-0.4, -0.2) is 22.8 Å². The largest absolute Gasteiger partial charge is 0.478 e. The van der Waals surface area contributed by atoms with Crippen LogP contribution in [0.15, 0.2) is 18.2 Å². The number of non-ortho nitro benzene ring substituents is 1. The lowest BCUT2D eigenvalue weighted by Gasteiger charge is -2.24. The van der Waals surface area contributed by atoms with E-state index < -0.39 is 11.0 Å². The summed E-state index contributed by atoms with van der Waals surface area (Å²) < 4.78 is 5.37. The quantitative estimate of drug-likeness (QED) is 0.509. The third kappa shape index (κ3) is 2.31. The average molecular weight is 257 g/mol. The Morgan fingerprint density at radius 2 is 2.29 bits per heavy atom. The van der Waals surface area contributed by atoms with Crippen LogP contribution >= 0.6 is 11.6 Å². The Balaban J connectivity index is 2.30. The molecule has 0 radical (unpaired) electrons. The summed E-state index contributed by atoms with van der Waals surface area (Å²) in [5.41, 5.74) is 0.357. The lowest BCUT2D eigenvalue weighted by Crippen LogP contribution is -2.37. The number of nitro benzene ring substituents is 1. The number of benzene rings is 1. The number of rotatable bonds is 3. The van der Waals surface area contributed by atoms with Gasteiger partial charge in [0.1, 0.15) is 0 Å². The van der Waals surface area contributed by atoms with E-state index in [0.29, 0.717) is 17.9 Å². The van der Waals surface area contributed by atoms with Gasteiger partial charge >= 0.3 is 0 Å². The van der Waals surface area contributed by atoms with Crippen molar-refractivity contribution in [2.24, 2.45) is 0 Å². The van der Waals surface area contributed by atoms with Gasteiger partial charge in [-0.05, 0) is 6.07 Å². The van der Waals surface area contributed by atoms with E-state index in [2.05, 4.69) is 5.32 Å². The molecule has 0 saturated heterocycles. The van der Waals surface area contributed by atoms with Crippen LogP contribution in [0, 0.1) is 10.1 Å². The molecule has 0 spiro atoms. The molecule has 1 aromatic carbocycles. The highest BCUT2D eigenvalue weighted by atomic mass is 35.5. The van der Waals surface area contributed by atoms with Crippen molar-refractivity contribution in [1.82, 2.24) is 0 Å². The van der Waals surface area contributed by atoms with Crippen molar-refractivity contribution in [2.45, 2.75) is 12.5 Å². The number of amides is 1. The average Bonchev–Trinajstić information content (AvgIpc) is 2.29. The Morgan fingerprint density at radius 1 is 1.53 bits per heavy atom. The lowest BCUT2D eigenvalue weighted by molar-refractivity contribution is -0.384. The zero-order chi connectivity index (χ0) is 12.4. The summed E-state index contributed by atoms with van der Waals surface area (Å²) >= 11 is 5.54. The van der Waals surface area contributed by atoms with Gasteiger partial charge in [0, 0.05) is 18.4 Å². The van der Waals surface area contributed by atoms with Gasteiger partial charge in [-0.1, -0.05) is 0 Å². The van der Waals surface area contributed by atoms with E-state index in [-0.39, 0.29) is 17.5 Å². The molecule has 0 bridgehead atoms. The molecule has 1 heterocycles. The van der Waals surface area contributed by atoms with Gasteiger partial charge in [0.25, 0.3) is 11.6 Å². The van der Waals surface area contributed by atoms with Crippen LogP contribution in [0.3, 0.4) is 0 Å². The van der Waals surface area contributed by atoms with Gasteiger partial charge in [-0.15, -0.1) is 11.6 Å². The summed E-state index contributed by atoms with van der Waals surface area (Å²) in [6.45, 7) is 0. The lowest BCUT2D eigenvalue weighted by atomic mass is 10.1. The van der Waals surface area contributed by atoms with Gasteiger partial charge in [0.15, 0.2) is 11.9 Å². The van der Waals surface area contributed by atoms with Crippen LogP contribution in [-0.2, 0) is 4.79 Å². The molecule has 2 rings (SSSR count). The van der Waals surface area contributed by atoms with Crippen molar-refractivity contribution < 1.29 is 14.5 Å². The Hall–Kier alpha value is -1.82. The molecule has 1 amide bonds. The minimum Gasteiger partial charge on any atom is -0.478 e. The van der Waals surface area contributed by atoms with Crippen molar-refractivity contribution >= 4 is 28.9 Å². The van der Waals surface area contributed by atoms with Gasteiger partial charge in [-0.25, -0.2) is 0 Å². The first-order valence-corrected chi connectivity index (χ1v) is 5.47. The third-order valence-corrected chi connectivity index (χ3v) is 2.59. The fourth-order valence-electron chi connectivity index (χ4n) is 1.53. The summed E-state index contributed by atoms with van der Waals surface area (Å²) in [6.07, 6.45) is -0.336. The third-order valence-electron chi connectivity index (χ3n) is 2.37. The highest BCUT2D eigenvalue weighted by molar-refractivity contribution is 6.18. The van der Waals surface area contributed by atoms with E-state index >= 15 is 0 Å². The predicted octanol–water partition coefficient (Wildman–Crippen LogP) is 1.92. The maximum Gasteiger partial charge on any atom is 0.273 e. The van der Waals surface area contributed by atoms with Crippen molar-refractivity contribution in [3.05, 3.63) is 28.3 Å². The minimum absolute atomic E-state index is 0.0791. The highest BCUT2D eigenvalue weighted by Crippen LogP contribution is 2.33. The number of carbonyl (C=O) groups excluding carboxylic acids is 1. The zero-order valence-corrected chi connectivity index (χ0v) is 9.44. The highest BCUT2D eigenvalue weighted by Gasteiger charge is 2.28. The standard InChI is InChI=1S/C10H9ClN2O4/c11-4-3-8-10(14)12-7-2-1-6(13(15)16)5-9(7)17-8/h1-2,5,8H,3-4H2,(H,12,14). The van der Waals surface area contributed by atoms with Crippen molar-refractivity contribution in [3.63, 3.8) is 0 Å². The van der Waals surface area contributed by atoms with Crippen molar-refractivity contribution in [2.75, 3.05) is 11.2 Å². The molecular weight excluding hydrogens is 248 g/mol. The second-order valence-electron chi connectivity index (χ2n) is 3.51.